The van der Waals surface area contributed by atoms with E-state index in [1.807, 2.05) is 18.2 Å². The van der Waals surface area contributed by atoms with Crippen molar-refractivity contribution in [3.05, 3.63) is 33.3 Å². The summed E-state index contributed by atoms with van der Waals surface area (Å²) in [6.45, 7) is 0. The SMILES string of the molecule is OC(c1cc(Cl)cc(Br)c1)C1CCCCCC1. The first kappa shape index (κ1) is 13.4. The van der Waals surface area contributed by atoms with Gasteiger partial charge in [0, 0.05) is 9.50 Å². The molecule has 1 atom stereocenters. The van der Waals surface area contributed by atoms with Gasteiger partial charge in [-0.2, -0.15) is 0 Å². The molecule has 1 saturated carbocycles. The van der Waals surface area contributed by atoms with Crippen LogP contribution in [0.3, 0.4) is 0 Å². The van der Waals surface area contributed by atoms with Crippen LogP contribution in [-0.2, 0) is 0 Å². The molecule has 1 aromatic rings. The van der Waals surface area contributed by atoms with E-state index in [0.29, 0.717) is 10.9 Å². The van der Waals surface area contributed by atoms with Gasteiger partial charge in [0.25, 0.3) is 0 Å². The molecule has 1 aliphatic rings. The second-order valence-electron chi connectivity index (χ2n) is 4.90. The lowest BCUT2D eigenvalue weighted by Gasteiger charge is -2.22. The van der Waals surface area contributed by atoms with Gasteiger partial charge in [0.1, 0.15) is 0 Å². The minimum Gasteiger partial charge on any atom is -0.388 e. The number of rotatable bonds is 2. The van der Waals surface area contributed by atoms with Gasteiger partial charge in [0.05, 0.1) is 6.10 Å². The van der Waals surface area contributed by atoms with Crippen molar-refractivity contribution in [2.75, 3.05) is 0 Å². The van der Waals surface area contributed by atoms with E-state index in [1.54, 1.807) is 0 Å². The lowest BCUT2D eigenvalue weighted by atomic mass is 9.89. The number of benzene rings is 1. The molecule has 1 nitrogen and oxygen atoms in total. The Kier molecular flexibility index (Phi) is 4.89. The Hall–Kier alpha value is -0.0500. The van der Waals surface area contributed by atoms with Crippen molar-refractivity contribution < 1.29 is 5.11 Å². The Morgan fingerprint density at radius 3 is 2.35 bits per heavy atom. The molecule has 17 heavy (non-hydrogen) atoms. The van der Waals surface area contributed by atoms with E-state index in [4.69, 9.17) is 11.6 Å². The zero-order valence-corrected chi connectivity index (χ0v) is 12.2. The fourth-order valence-corrected chi connectivity index (χ4v) is 3.53. The molecule has 1 N–H and O–H groups in total. The molecule has 0 aliphatic heterocycles. The molecule has 0 spiro atoms. The van der Waals surface area contributed by atoms with Gasteiger partial charge >= 0.3 is 0 Å². The molecule has 0 amide bonds. The van der Waals surface area contributed by atoms with E-state index < -0.39 is 0 Å². The largest absolute Gasteiger partial charge is 0.388 e. The smallest absolute Gasteiger partial charge is 0.0819 e. The Morgan fingerprint density at radius 1 is 1.12 bits per heavy atom. The second-order valence-corrected chi connectivity index (χ2v) is 6.25. The fraction of sp³-hybridized carbons (Fsp3) is 0.571. The van der Waals surface area contributed by atoms with E-state index in [1.165, 1.54) is 25.7 Å². The molecule has 1 unspecified atom stereocenters. The van der Waals surface area contributed by atoms with Crippen LogP contribution in [0.4, 0.5) is 0 Å². The van der Waals surface area contributed by atoms with Crippen LogP contribution in [0, 0.1) is 5.92 Å². The quantitative estimate of drug-likeness (QED) is 0.752. The highest BCUT2D eigenvalue weighted by Crippen LogP contribution is 2.35. The third kappa shape index (κ3) is 3.70. The van der Waals surface area contributed by atoms with Crippen LogP contribution in [0.15, 0.2) is 22.7 Å². The van der Waals surface area contributed by atoms with Crippen molar-refractivity contribution in [1.29, 1.82) is 0 Å². The Labute approximate surface area is 116 Å². The average molecular weight is 318 g/mol. The van der Waals surface area contributed by atoms with Crippen LogP contribution in [0.5, 0.6) is 0 Å². The molecule has 0 bridgehead atoms. The molecule has 3 heteroatoms. The van der Waals surface area contributed by atoms with Crippen LogP contribution < -0.4 is 0 Å². The van der Waals surface area contributed by atoms with Crippen molar-refractivity contribution in [3.8, 4) is 0 Å². The summed E-state index contributed by atoms with van der Waals surface area (Å²) < 4.78 is 0.938. The molecule has 0 saturated heterocycles. The van der Waals surface area contributed by atoms with Gasteiger partial charge in [0.15, 0.2) is 0 Å². The van der Waals surface area contributed by atoms with Crippen molar-refractivity contribution in [2.24, 2.45) is 5.92 Å². The van der Waals surface area contributed by atoms with Crippen LogP contribution in [0.25, 0.3) is 0 Å². The predicted octanol–water partition coefficient (Wildman–Crippen LogP) is 5.11. The van der Waals surface area contributed by atoms with E-state index in [9.17, 15) is 5.11 Å². The zero-order chi connectivity index (χ0) is 12.3. The summed E-state index contributed by atoms with van der Waals surface area (Å²) in [6.07, 6.45) is 6.98. The number of hydrogen-bond donors (Lipinski definition) is 1. The lowest BCUT2D eigenvalue weighted by Crippen LogP contribution is -2.12. The maximum absolute atomic E-state index is 10.4. The molecule has 94 valence electrons. The summed E-state index contributed by atoms with van der Waals surface area (Å²) >= 11 is 9.45. The van der Waals surface area contributed by atoms with Crippen LogP contribution >= 0.6 is 27.5 Å². The number of hydrogen-bond acceptors (Lipinski definition) is 1. The first-order valence-electron chi connectivity index (χ1n) is 6.31. The van der Waals surface area contributed by atoms with E-state index >= 15 is 0 Å². The standard InChI is InChI=1S/C14H18BrClO/c15-12-7-11(8-13(16)9-12)14(17)10-5-3-1-2-4-6-10/h7-10,14,17H,1-6H2. The van der Waals surface area contributed by atoms with Gasteiger partial charge in [-0.25, -0.2) is 0 Å². The highest BCUT2D eigenvalue weighted by atomic mass is 79.9. The van der Waals surface area contributed by atoms with Crippen molar-refractivity contribution in [2.45, 2.75) is 44.6 Å². The molecule has 1 aromatic carbocycles. The third-order valence-corrected chi connectivity index (χ3v) is 4.25. The van der Waals surface area contributed by atoms with Crippen LogP contribution in [-0.4, -0.2) is 5.11 Å². The molecule has 1 fully saturated rings. The zero-order valence-electron chi connectivity index (χ0n) is 9.83. The first-order chi connectivity index (χ1) is 8.16. The monoisotopic (exact) mass is 316 g/mol. The predicted molar refractivity (Wildman–Crippen MR) is 75.3 cm³/mol. The van der Waals surface area contributed by atoms with Gasteiger partial charge in [-0.3, -0.25) is 0 Å². The minimum atomic E-state index is -0.372. The van der Waals surface area contributed by atoms with Crippen molar-refractivity contribution in [1.82, 2.24) is 0 Å². The van der Waals surface area contributed by atoms with Gasteiger partial charge in [-0.05, 0) is 42.5 Å². The molecule has 0 heterocycles. The minimum absolute atomic E-state index is 0.372. The maximum Gasteiger partial charge on any atom is 0.0819 e. The summed E-state index contributed by atoms with van der Waals surface area (Å²) in [7, 11) is 0. The molecule has 2 rings (SSSR count). The number of aliphatic hydroxyl groups is 1. The highest BCUT2D eigenvalue weighted by molar-refractivity contribution is 9.10. The normalized spacial score (nSPS) is 19.9. The van der Waals surface area contributed by atoms with Gasteiger partial charge < -0.3 is 5.11 Å². The number of halogens is 2. The topological polar surface area (TPSA) is 20.2 Å². The van der Waals surface area contributed by atoms with Crippen molar-refractivity contribution in [3.63, 3.8) is 0 Å². The second kappa shape index (κ2) is 6.21. The summed E-state index contributed by atoms with van der Waals surface area (Å²) in [4.78, 5) is 0. The van der Waals surface area contributed by atoms with Gasteiger partial charge in [0.2, 0.25) is 0 Å². The Balaban J connectivity index is 2.14. The summed E-state index contributed by atoms with van der Waals surface area (Å²) in [5.41, 5.74) is 0.941. The molecule has 1 aliphatic carbocycles. The molecule has 0 aromatic heterocycles. The maximum atomic E-state index is 10.4. The van der Waals surface area contributed by atoms with Gasteiger partial charge in [-0.1, -0.05) is 53.2 Å². The van der Waals surface area contributed by atoms with E-state index in [2.05, 4.69) is 15.9 Å². The summed E-state index contributed by atoms with van der Waals surface area (Å²) in [5.74, 6) is 0.392. The molecular weight excluding hydrogens is 300 g/mol. The van der Waals surface area contributed by atoms with Crippen LogP contribution in [0.1, 0.15) is 50.2 Å². The van der Waals surface area contributed by atoms with E-state index in [0.717, 1.165) is 22.9 Å². The number of aliphatic hydroxyl groups excluding tert-OH is 1. The highest BCUT2D eigenvalue weighted by Gasteiger charge is 2.22. The van der Waals surface area contributed by atoms with Gasteiger partial charge in [-0.15, -0.1) is 0 Å². The fourth-order valence-electron chi connectivity index (χ4n) is 2.64. The molecule has 0 radical (unpaired) electrons. The van der Waals surface area contributed by atoms with Crippen molar-refractivity contribution >= 4 is 27.5 Å². The summed E-state index contributed by atoms with van der Waals surface area (Å²) in [5, 5.41) is 11.1. The Bertz CT molecular complexity index is 352. The average Bonchev–Trinajstić information content (AvgIpc) is 2.55. The summed E-state index contributed by atoms with van der Waals surface area (Å²) in [6, 6.07) is 5.70. The molecular formula is C14H18BrClO. The third-order valence-electron chi connectivity index (χ3n) is 3.57. The first-order valence-corrected chi connectivity index (χ1v) is 7.48. The van der Waals surface area contributed by atoms with E-state index in [-0.39, 0.29) is 6.10 Å². The van der Waals surface area contributed by atoms with Crippen LogP contribution in [0.2, 0.25) is 5.02 Å². The lowest BCUT2D eigenvalue weighted by molar-refractivity contribution is 0.0987. The Morgan fingerprint density at radius 2 is 1.76 bits per heavy atom.